The third kappa shape index (κ3) is 12.2. The molecule has 0 aromatic heterocycles. The van der Waals surface area contributed by atoms with Crippen LogP contribution in [0.2, 0.25) is 0 Å². The number of aryl methyl sites for hydroxylation is 1. The van der Waals surface area contributed by atoms with Crippen molar-refractivity contribution in [1.82, 2.24) is 0 Å². The largest absolute Gasteiger partial charge is 0.508 e. The van der Waals surface area contributed by atoms with Gasteiger partial charge < -0.3 is 14.9 Å². The van der Waals surface area contributed by atoms with Gasteiger partial charge in [-0.1, -0.05) is 105 Å². The number of hydrogen-bond donors (Lipinski definition) is 2. The van der Waals surface area contributed by atoms with Crippen LogP contribution >= 0.6 is 0 Å². The average Bonchev–Trinajstić information content (AvgIpc) is 2.74. The van der Waals surface area contributed by atoms with Crippen LogP contribution in [0.4, 0.5) is 0 Å². The van der Waals surface area contributed by atoms with E-state index in [2.05, 4.69) is 55.4 Å². The van der Waals surface area contributed by atoms with Crippen molar-refractivity contribution in [1.29, 1.82) is 0 Å². The van der Waals surface area contributed by atoms with Crippen molar-refractivity contribution in [3.63, 3.8) is 0 Å². The van der Waals surface area contributed by atoms with Crippen LogP contribution in [0.5, 0.6) is 11.5 Å². The summed E-state index contributed by atoms with van der Waals surface area (Å²) < 4.78 is 5.40. The number of benzene rings is 2. The van der Waals surface area contributed by atoms with Gasteiger partial charge in [-0.15, -0.1) is 0 Å². The zero-order valence-corrected chi connectivity index (χ0v) is 23.3. The minimum absolute atomic E-state index is 0.133. The monoisotopic (exact) mass is 484 g/mol. The first-order valence-corrected chi connectivity index (χ1v) is 13.0. The highest BCUT2D eigenvalue weighted by atomic mass is 16.5. The molecule has 4 heteroatoms. The number of ether oxygens (including phenoxy) is 1. The van der Waals surface area contributed by atoms with E-state index >= 15 is 0 Å². The molecule has 2 aromatic carbocycles. The summed E-state index contributed by atoms with van der Waals surface area (Å²) in [7, 11) is 0. The van der Waals surface area contributed by atoms with Crippen molar-refractivity contribution in [3.8, 4) is 11.5 Å². The molecule has 2 rings (SSSR count). The fourth-order valence-corrected chi connectivity index (χ4v) is 3.75. The second-order valence-corrected chi connectivity index (χ2v) is 11.8. The Balaban J connectivity index is 0.000000744. The van der Waals surface area contributed by atoms with Crippen LogP contribution in [0.1, 0.15) is 104 Å². The number of phenolic OH excluding ortho intramolecular Hbond substituents is 2. The van der Waals surface area contributed by atoms with Crippen molar-refractivity contribution in [2.24, 2.45) is 5.92 Å². The molecule has 0 heterocycles. The second kappa shape index (κ2) is 14.2. The first-order valence-electron chi connectivity index (χ1n) is 13.0. The molecule has 0 aliphatic heterocycles. The van der Waals surface area contributed by atoms with E-state index < -0.39 is 0 Å². The molecule has 0 saturated heterocycles. The molecule has 0 spiro atoms. The molecule has 0 bridgehead atoms. The Kier molecular flexibility index (Phi) is 12.4. The van der Waals surface area contributed by atoms with Crippen molar-refractivity contribution >= 4 is 5.97 Å². The summed E-state index contributed by atoms with van der Waals surface area (Å²) in [6.45, 7) is 17.6. The maximum absolute atomic E-state index is 12.1. The van der Waals surface area contributed by atoms with Crippen molar-refractivity contribution in [2.75, 3.05) is 6.61 Å². The van der Waals surface area contributed by atoms with Gasteiger partial charge in [-0.2, -0.15) is 0 Å². The smallest absolute Gasteiger partial charge is 0.306 e. The van der Waals surface area contributed by atoms with E-state index in [0.29, 0.717) is 30.9 Å². The van der Waals surface area contributed by atoms with Gasteiger partial charge in [0.15, 0.2) is 0 Å². The van der Waals surface area contributed by atoms with E-state index in [1.54, 1.807) is 24.3 Å². The Labute approximate surface area is 213 Å². The summed E-state index contributed by atoms with van der Waals surface area (Å²) in [6, 6.07) is 12.8. The number of para-hydroxylation sites is 1. The fourth-order valence-electron chi connectivity index (χ4n) is 3.75. The number of esters is 1. The predicted molar refractivity (Wildman–Crippen MR) is 146 cm³/mol. The minimum atomic E-state index is -0.156. The number of carbonyl (C=O) groups excluding carboxylic acids is 1. The summed E-state index contributed by atoms with van der Waals surface area (Å²) in [6.07, 6.45) is 5.52. The zero-order valence-electron chi connectivity index (χ0n) is 23.3. The minimum Gasteiger partial charge on any atom is -0.508 e. The van der Waals surface area contributed by atoms with Crippen LogP contribution in [0, 0.1) is 5.92 Å². The molecule has 0 unspecified atom stereocenters. The molecular weight excluding hydrogens is 436 g/mol. The lowest BCUT2D eigenvalue weighted by molar-refractivity contribution is -0.143. The van der Waals surface area contributed by atoms with Gasteiger partial charge in [0.25, 0.3) is 0 Å². The summed E-state index contributed by atoms with van der Waals surface area (Å²) in [4.78, 5) is 12.1. The summed E-state index contributed by atoms with van der Waals surface area (Å²) in [5.41, 5.74) is 2.65. The van der Waals surface area contributed by atoms with E-state index in [1.807, 2.05) is 18.2 Å². The normalized spacial score (nSPS) is 11.7. The Hall–Kier alpha value is -2.49. The standard InChI is InChI=1S/C25H42O3.C6H6O/c1-18(2)12-10-9-11-15-28-22(26)14-13-19-16-20(24(3,4)5)23(27)21(17-19)25(6,7)8;7-6-4-2-1-3-5-6/h16-18,27H,9-15H2,1-8H3;1-5,7H. The molecule has 2 N–H and O–H groups in total. The number of hydrogen-bond acceptors (Lipinski definition) is 4. The van der Waals surface area contributed by atoms with E-state index in [-0.39, 0.29) is 16.8 Å². The summed E-state index contributed by atoms with van der Waals surface area (Å²) in [5, 5.41) is 19.4. The maximum Gasteiger partial charge on any atom is 0.306 e. The molecule has 0 aliphatic rings. The SMILES string of the molecule is CC(C)CCCCCOC(=O)CCc1cc(C(C)(C)C)c(O)c(C(C)(C)C)c1.Oc1ccccc1. The maximum atomic E-state index is 12.1. The highest BCUT2D eigenvalue weighted by Crippen LogP contribution is 2.40. The molecule has 196 valence electrons. The molecule has 4 nitrogen and oxygen atoms in total. The molecule has 0 amide bonds. The van der Waals surface area contributed by atoms with Crippen molar-refractivity contribution in [3.05, 3.63) is 59.2 Å². The highest BCUT2D eigenvalue weighted by Gasteiger charge is 2.26. The van der Waals surface area contributed by atoms with Crippen LogP contribution < -0.4 is 0 Å². The molecule has 0 saturated carbocycles. The molecular formula is C31H48O4. The third-order valence-electron chi connectivity index (χ3n) is 5.85. The fraction of sp³-hybridized carbons (Fsp3) is 0.581. The number of phenols is 2. The quantitative estimate of drug-likeness (QED) is 0.279. The summed E-state index contributed by atoms with van der Waals surface area (Å²) in [5.74, 6) is 1.31. The van der Waals surface area contributed by atoms with Crippen LogP contribution in [0.15, 0.2) is 42.5 Å². The van der Waals surface area contributed by atoms with Gasteiger partial charge in [0.05, 0.1) is 6.61 Å². The number of rotatable bonds is 9. The van der Waals surface area contributed by atoms with E-state index in [4.69, 9.17) is 9.84 Å². The Bertz CT molecular complexity index is 851. The lowest BCUT2D eigenvalue weighted by Crippen LogP contribution is -2.18. The van der Waals surface area contributed by atoms with Gasteiger partial charge in [-0.05, 0) is 58.4 Å². The molecule has 0 fully saturated rings. The van der Waals surface area contributed by atoms with Crippen LogP contribution in [-0.4, -0.2) is 22.8 Å². The Morgan fingerprint density at radius 2 is 1.40 bits per heavy atom. The van der Waals surface area contributed by atoms with Crippen molar-refractivity contribution < 1.29 is 19.7 Å². The van der Waals surface area contributed by atoms with Gasteiger partial charge in [0, 0.05) is 6.42 Å². The predicted octanol–water partition coefficient (Wildman–Crippen LogP) is 8.07. The van der Waals surface area contributed by atoms with Gasteiger partial charge in [-0.3, -0.25) is 4.79 Å². The van der Waals surface area contributed by atoms with E-state index in [9.17, 15) is 9.90 Å². The third-order valence-corrected chi connectivity index (χ3v) is 5.85. The van der Waals surface area contributed by atoms with Gasteiger partial charge >= 0.3 is 5.97 Å². The Morgan fingerprint density at radius 3 is 1.83 bits per heavy atom. The van der Waals surface area contributed by atoms with Crippen LogP contribution in [0.3, 0.4) is 0 Å². The van der Waals surface area contributed by atoms with E-state index in [1.165, 1.54) is 12.8 Å². The molecule has 0 radical (unpaired) electrons. The molecule has 35 heavy (non-hydrogen) atoms. The lowest BCUT2D eigenvalue weighted by atomic mass is 9.78. The molecule has 0 atom stereocenters. The van der Waals surface area contributed by atoms with Crippen LogP contribution in [-0.2, 0) is 26.8 Å². The average molecular weight is 485 g/mol. The number of aromatic hydroxyl groups is 2. The van der Waals surface area contributed by atoms with Crippen molar-refractivity contribution in [2.45, 2.75) is 105 Å². The van der Waals surface area contributed by atoms with Gasteiger partial charge in [-0.25, -0.2) is 0 Å². The molecule has 2 aromatic rings. The first kappa shape index (κ1) is 30.5. The van der Waals surface area contributed by atoms with Gasteiger partial charge in [0.2, 0.25) is 0 Å². The number of unbranched alkanes of at least 4 members (excludes halogenated alkanes) is 2. The molecule has 0 aliphatic carbocycles. The zero-order chi connectivity index (χ0) is 26.6. The second-order valence-electron chi connectivity index (χ2n) is 11.8. The summed E-state index contributed by atoms with van der Waals surface area (Å²) >= 11 is 0. The lowest BCUT2D eigenvalue weighted by Gasteiger charge is -2.28. The topological polar surface area (TPSA) is 66.8 Å². The first-order chi connectivity index (χ1) is 16.2. The van der Waals surface area contributed by atoms with E-state index in [0.717, 1.165) is 35.4 Å². The van der Waals surface area contributed by atoms with Gasteiger partial charge in [0.1, 0.15) is 11.5 Å². The Morgan fingerprint density at radius 1 is 0.857 bits per heavy atom. The van der Waals surface area contributed by atoms with Crippen LogP contribution in [0.25, 0.3) is 0 Å². The number of carbonyl (C=O) groups is 1. The highest BCUT2D eigenvalue weighted by molar-refractivity contribution is 5.69.